The Labute approximate surface area is 206 Å². The summed E-state index contributed by atoms with van der Waals surface area (Å²) in [5.41, 5.74) is 6.27. The summed E-state index contributed by atoms with van der Waals surface area (Å²) in [6.45, 7) is 9.02. The molecule has 0 spiro atoms. The largest absolute Gasteiger partial charge is 0.441 e. The predicted octanol–water partition coefficient (Wildman–Crippen LogP) is 6.08. The van der Waals surface area contributed by atoms with Gasteiger partial charge in [-0.3, -0.25) is 4.79 Å². The summed E-state index contributed by atoms with van der Waals surface area (Å²) in [5, 5.41) is 0. The van der Waals surface area contributed by atoms with E-state index in [1.807, 2.05) is 56.3 Å². The van der Waals surface area contributed by atoms with Crippen molar-refractivity contribution in [2.45, 2.75) is 59.4 Å². The average molecular weight is 469 g/mol. The number of oxazole rings is 1. The highest BCUT2D eigenvalue weighted by molar-refractivity contribution is 6.00. The lowest BCUT2D eigenvalue weighted by Gasteiger charge is -2.40. The van der Waals surface area contributed by atoms with E-state index in [1.165, 1.54) is 5.56 Å². The van der Waals surface area contributed by atoms with E-state index in [0.29, 0.717) is 23.7 Å². The van der Waals surface area contributed by atoms with Gasteiger partial charge in [0.2, 0.25) is 0 Å². The van der Waals surface area contributed by atoms with E-state index < -0.39 is 0 Å². The molecule has 1 saturated heterocycles. The van der Waals surface area contributed by atoms with Crippen molar-refractivity contribution in [1.29, 1.82) is 0 Å². The van der Waals surface area contributed by atoms with Crippen molar-refractivity contribution < 1.29 is 9.21 Å². The Bertz CT molecular complexity index is 1380. The first-order valence-corrected chi connectivity index (χ1v) is 12.5. The van der Waals surface area contributed by atoms with Gasteiger partial charge in [-0.25, -0.2) is 15.0 Å². The standard InChI is InChI=1S/C29H32N4O2/c1-18-7-9-22(28-30-14-13-21(4)31-28)23(16-18)29(34)33-15-5-6-20(3)25(33)10-12-27-32-24-17-19(2)8-11-26(24)35-27/h7-9,11,13-14,16-17,20,25H,5-6,10,12,15H2,1-4H3/t20-,25-/m1/s1. The summed E-state index contributed by atoms with van der Waals surface area (Å²) < 4.78 is 6.00. The van der Waals surface area contributed by atoms with Gasteiger partial charge in [0.15, 0.2) is 17.3 Å². The number of carbonyl (C=O) groups is 1. The molecule has 0 bridgehead atoms. The van der Waals surface area contributed by atoms with Gasteiger partial charge in [-0.15, -0.1) is 0 Å². The maximum Gasteiger partial charge on any atom is 0.254 e. The molecule has 3 heterocycles. The van der Waals surface area contributed by atoms with Gasteiger partial charge in [-0.2, -0.15) is 0 Å². The number of fused-ring (bicyclic) bond motifs is 1. The number of amides is 1. The van der Waals surface area contributed by atoms with Crippen molar-refractivity contribution in [1.82, 2.24) is 19.9 Å². The molecule has 5 rings (SSSR count). The Balaban J connectivity index is 1.42. The van der Waals surface area contributed by atoms with Gasteiger partial charge in [0, 0.05) is 36.5 Å². The lowest BCUT2D eigenvalue weighted by Crippen LogP contribution is -2.48. The smallest absolute Gasteiger partial charge is 0.254 e. The summed E-state index contributed by atoms with van der Waals surface area (Å²) >= 11 is 0. The molecule has 2 atom stereocenters. The third-order valence-corrected chi connectivity index (χ3v) is 7.06. The van der Waals surface area contributed by atoms with E-state index >= 15 is 0 Å². The minimum atomic E-state index is 0.0542. The highest BCUT2D eigenvalue weighted by Crippen LogP contribution is 2.31. The minimum absolute atomic E-state index is 0.0542. The first kappa shape index (κ1) is 23.2. The maximum atomic E-state index is 14.0. The molecule has 0 radical (unpaired) electrons. The number of likely N-dealkylation sites (tertiary alicyclic amines) is 1. The maximum absolute atomic E-state index is 14.0. The molecule has 6 heteroatoms. The molecule has 4 aromatic rings. The van der Waals surface area contributed by atoms with Gasteiger partial charge in [0.05, 0.1) is 5.56 Å². The minimum Gasteiger partial charge on any atom is -0.441 e. The molecule has 1 fully saturated rings. The molecule has 1 amide bonds. The SMILES string of the molecule is Cc1ccc(-c2nccc(C)n2)c(C(=O)N2CCC[C@@H](C)[C@H]2CCc2nc3cc(C)ccc3o2)c1. The summed E-state index contributed by atoms with van der Waals surface area (Å²) in [5.74, 6) is 1.79. The molecule has 1 aliphatic heterocycles. The fourth-order valence-corrected chi connectivity index (χ4v) is 5.17. The van der Waals surface area contributed by atoms with Crippen LogP contribution in [0.1, 0.15) is 59.3 Å². The Hall–Kier alpha value is -3.54. The Morgan fingerprint density at radius 3 is 2.69 bits per heavy atom. The number of rotatable bonds is 5. The van der Waals surface area contributed by atoms with Gasteiger partial charge in [-0.1, -0.05) is 30.7 Å². The monoisotopic (exact) mass is 468 g/mol. The molecule has 0 aliphatic carbocycles. The molecular weight excluding hydrogens is 436 g/mol. The van der Waals surface area contributed by atoms with Crippen LogP contribution < -0.4 is 0 Å². The second-order valence-electron chi connectivity index (χ2n) is 9.87. The zero-order valence-electron chi connectivity index (χ0n) is 20.9. The number of hydrogen-bond acceptors (Lipinski definition) is 5. The summed E-state index contributed by atoms with van der Waals surface area (Å²) in [4.78, 5) is 29.8. The normalized spacial score (nSPS) is 18.2. The molecule has 2 aromatic heterocycles. The van der Waals surface area contributed by atoms with Crippen LogP contribution in [0.25, 0.3) is 22.5 Å². The topological polar surface area (TPSA) is 72.1 Å². The van der Waals surface area contributed by atoms with E-state index in [1.54, 1.807) is 6.20 Å². The number of carbonyl (C=O) groups excluding carboxylic acids is 1. The Morgan fingerprint density at radius 2 is 1.86 bits per heavy atom. The van der Waals surface area contributed by atoms with Gasteiger partial charge in [0.1, 0.15) is 5.52 Å². The quantitative estimate of drug-likeness (QED) is 0.355. The van der Waals surface area contributed by atoms with Crippen LogP contribution in [0, 0.1) is 26.7 Å². The third kappa shape index (κ3) is 4.83. The molecule has 2 aromatic carbocycles. The van der Waals surface area contributed by atoms with Gasteiger partial charge in [-0.05, 0) is 75.8 Å². The molecule has 35 heavy (non-hydrogen) atoms. The number of hydrogen-bond donors (Lipinski definition) is 0. The number of benzene rings is 2. The molecule has 6 nitrogen and oxygen atoms in total. The molecule has 0 saturated carbocycles. The van der Waals surface area contributed by atoms with Crippen molar-refractivity contribution in [3.05, 3.63) is 76.9 Å². The zero-order valence-corrected chi connectivity index (χ0v) is 20.9. The van der Waals surface area contributed by atoms with E-state index in [0.717, 1.165) is 59.6 Å². The summed E-state index contributed by atoms with van der Waals surface area (Å²) in [6, 6.07) is 14.0. The van der Waals surface area contributed by atoms with Crippen LogP contribution in [0.2, 0.25) is 0 Å². The van der Waals surface area contributed by atoms with Gasteiger partial charge < -0.3 is 9.32 Å². The molecule has 1 aliphatic rings. The number of piperidine rings is 1. The first-order valence-electron chi connectivity index (χ1n) is 12.5. The summed E-state index contributed by atoms with van der Waals surface area (Å²) in [7, 11) is 0. The molecular formula is C29H32N4O2. The van der Waals surface area contributed by atoms with E-state index in [2.05, 4.69) is 28.7 Å². The fraction of sp³-hybridized carbons (Fsp3) is 0.379. The third-order valence-electron chi connectivity index (χ3n) is 7.06. The van der Waals surface area contributed by atoms with Gasteiger partial charge >= 0.3 is 0 Å². The molecule has 0 N–H and O–H groups in total. The number of nitrogens with zero attached hydrogens (tertiary/aromatic N) is 4. The molecule has 180 valence electrons. The van der Waals surface area contributed by atoms with E-state index in [4.69, 9.17) is 9.40 Å². The van der Waals surface area contributed by atoms with Crippen molar-refractivity contribution in [3.8, 4) is 11.4 Å². The second kappa shape index (κ2) is 9.61. The lowest BCUT2D eigenvalue weighted by molar-refractivity contribution is 0.0496. The average Bonchev–Trinajstić information content (AvgIpc) is 3.24. The van der Waals surface area contributed by atoms with Crippen LogP contribution >= 0.6 is 0 Å². The predicted molar refractivity (Wildman–Crippen MR) is 137 cm³/mol. The van der Waals surface area contributed by atoms with Crippen LogP contribution in [-0.2, 0) is 6.42 Å². The van der Waals surface area contributed by atoms with E-state index in [-0.39, 0.29) is 11.9 Å². The first-order chi connectivity index (χ1) is 16.9. The van der Waals surface area contributed by atoms with Crippen LogP contribution in [0.5, 0.6) is 0 Å². The van der Waals surface area contributed by atoms with Crippen LogP contribution in [0.3, 0.4) is 0 Å². The Morgan fingerprint density at radius 1 is 1.06 bits per heavy atom. The Kier molecular flexibility index (Phi) is 6.37. The highest BCUT2D eigenvalue weighted by atomic mass is 16.3. The lowest BCUT2D eigenvalue weighted by atomic mass is 9.87. The van der Waals surface area contributed by atoms with Crippen molar-refractivity contribution in [2.75, 3.05) is 6.54 Å². The highest BCUT2D eigenvalue weighted by Gasteiger charge is 2.33. The fourth-order valence-electron chi connectivity index (χ4n) is 5.17. The number of aryl methyl sites for hydroxylation is 4. The van der Waals surface area contributed by atoms with Gasteiger partial charge in [0.25, 0.3) is 5.91 Å². The van der Waals surface area contributed by atoms with Crippen LogP contribution in [-0.4, -0.2) is 38.3 Å². The van der Waals surface area contributed by atoms with Crippen LogP contribution in [0.4, 0.5) is 0 Å². The number of aromatic nitrogens is 3. The summed E-state index contributed by atoms with van der Waals surface area (Å²) in [6.07, 6.45) is 5.39. The second-order valence-corrected chi connectivity index (χ2v) is 9.87. The van der Waals surface area contributed by atoms with Crippen LogP contribution in [0.15, 0.2) is 53.1 Å². The van der Waals surface area contributed by atoms with Crippen molar-refractivity contribution in [3.63, 3.8) is 0 Å². The zero-order chi connectivity index (χ0) is 24.5. The van der Waals surface area contributed by atoms with Crippen molar-refractivity contribution in [2.24, 2.45) is 5.92 Å². The molecule has 0 unspecified atom stereocenters. The van der Waals surface area contributed by atoms with Crippen molar-refractivity contribution >= 4 is 17.0 Å². The van der Waals surface area contributed by atoms with E-state index in [9.17, 15) is 4.79 Å².